The Bertz CT molecular complexity index is 831. The van der Waals surface area contributed by atoms with Gasteiger partial charge < -0.3 is 8.94 Å². The van der Waals surface area contributed by atoms with Gasteiger partial charge in [-0.1, -0.05) is 31.1 Å². The Morgan fingerprint density at radius 1 is 1.00 bits per heavy atom. The number of hydrogen-bond donors (Lipinski definition) is 0. The van der Waals surface area contributed by atoms with Crippen LogP contribution in [0.25, 0.3) is 11.0 Å². The molecule has 0 unspecified atom stereocenters. The molecule has 1 aromatic carbocycles. The molecule has 4 rings (SSSR count). The molecule has 1 fully saturated rings. The lowest BCUT2D eigenvalue weighted by Crippen LogP contribution is -2.45. The number of nitrogens with zero attached hydrogens (tertiary/aromatic N) is 4. The minimum absolute atomic E-state index is 0.374. The van der Waals surface area contributed by atoms with Crippen LogP contribution in [0, 0.1) is 0 Å². The second-order valence-corrected chi connectivity index (χ2v) is 7.00. The van der Waals surface area contributed by atoms with Gasteiger partial charge in [-0.3, -0.25) is 9.80 Å². The van der Waals surface area contributed by atoms with Gasteiger partial charge in [0.05, 0.1) is 5.69 Å². The van der Waals surface area contributed by atoms with Gasteiger partial charge in [-0.25, -0.2) is 4.98 Å². The van der Waals surface area contributed by atoms with Gasteiger partial charge in [0.2, 0.25) is 0 Å². The maximum Gasteiger partial charge on any atom is 0.181 e. The summed E-state index contributed by atoms with van der Waals surface area (Å²) >= 11 is 0. The van der Waals surface area contributed by atoms with Gasteiger partial charge in [0.1, 0.15) is 11.5 Å². The molecule has 25 heavy (non-hydrogen) atoms. The highest BCUT2D eigenvalue weighted by Crippen LogP contribution is 2.22. The molecule has 0 aliphatic carbocycles. The third-order valence-electron chi connectivity index (χ3n) is 4.86. The van der Waals surface area contributed by atoms with Crippen molar-refractivity contribution in [1.82, 2.24) is 19.9 Å². The van der Waals surface area contributed by atoms with Gasteiger partial charge in [0.25, 0.3) is 0 Å². The van der Waals surface area contributed by atoms with E-state index < -0.39 is 0 Å². The summed E-state index contributed by atoms with van der Waals surface area (Å²) in [5.41, 5.74) is 2.97. The van der Waals surface area contributed by atoms with Crippen molar-refractivity contribution in [2.24, 2.45) is 0 Å². The fraction of sp³-hybridized carbons (Fsp3) is 0.474. The standard InChI is InChI=1S/C19H24N4O2/c1-14(2)19-17(20-13-24-19)12-23-9-7-22(8-10-23)11-16-15-5-3-4-6-18(15)25-21-16/h3-6,13-14H,7-12H2,1-2H3. The maximum atomic E-state index is 5.53. The zero-order valence-electron chi connectivity index (χ0n) is 14.8. The average Bonchev–Trinajstić information content (AvgIpc) is 3.24. The zero-order valence-corrected chi connectivity index (χ0v) is 14.8. The highest BCUT2D eigenvalue weighted by molar-refractivity contribution is 5.79. The van der Waals surface area contributed by atoms with E-state index in [9.17, 15) is 0 Å². The molecule has 0 amide bonds. The smallest absolute Gasteiger partial charge is 0.181 e. The van der Waals surface area contributed by atoms with Crippen molar-refractivity contribution in [2.45, 2.75) is 32.9 Å². The predicted octanol–water partition coefficient (Wildman–Crippen LogP) is 3.26. The fourth-order valence-corrected chi connectivity index (χ4v) is 3.45. The van der Waals surface area contributed by atoms with E-state index in [1.165, 1.54) is 0 Å². The molecule has 2 aromatic heterocycles. The number of aromatic nitrogens is 2. The van der Waals surface area contributed by atoms with Crippen LogP contribution in [-0.4, -0.2) is 46.1 Å². The summed E-state index contributed by atoms with van der Waals surface area (Å²) in [6, 6.07) is 8.06. The summed E-state index contributed by atoms with van der Waals surface area (Å²) in [6.07, 6.45) is 1.57. The summed E-state index contributed by atoms with van der Waals surface area (Å²) in [5.74, 6) is 1.38. The molecule has 132 valence electrons. The lowest BCUT2D eigenvalue weighted by Gasteiger charge is -2.34. The molecular weight excluding hydrogens is 316 g/mol. The molecule has 0 atom stereocenters. The first-order valence-electron chi connectivity index (χ1n) is 8.91. The van der Waals surface area contributed by atoms with E-state index in [1.54, 1.807) is 6.39 Å². The highest BCUT2D eigenvalue weighted by Gasteiger charge is 2.21. The van der Waals surface area contributed by atoms with Gasteiger partial charge in [0, 0.05) is 50.6 Å². The second kappa shape index (κ2) is 6.98. The van der Waals surface area contributed by atoms with E-state index in [-0.39, 0.29) is 0 Å². The van der Waals surface area contributed by atoms with Gasteiger partial charge in [-0.15, -0.1) is 0 Å². The van der Waals surface area contributed by atoms with E-state index in [2.05, 4.69) is 39.9 Å². The molecule has 6 nitrogen and oxygen atoms in total. The van der Waals surface area contributed by atoms with Gasteiger partial charge in [-0.2, -0.15) is 0 Å². The summed E-state index contributed by atoms with van der Waals surface area (Å²) in [6.45, 7) is 10.1. The molecule has 3 aromatic rings. The van der Waals surface area contributed by atoms with Crippen molar-refractivity contribution >= 4 is 11.0 Å². The third kappa shape index (κ3) is 3.45. The Balaban J connectivity index is 1.34. The summed E-state index contributed by atoms with van der Waals surface area (Å²) in [5, 5.41) is 5.37. The number of para-hydroxylation sites is 1. The van der Waals surface area contributed by atoms with E-state index in [4.69, 9.17) is 8.94 Å². The number of rotatable bonds is 5. The van der Waals surface area contributed by atoms with Crippen LogP contribution in [-0.2, 0) is 13.1 Å². The lowest BCUT2D eigenvalue weighted by molar-refractivity contribution is 0.119. The third-order valence-corrected chi connectivity index (χ3v) is 4.86. The Morgan fingerprint density at radius 3 is 2.40 bits per heavy atom. The molecule has 0 radical (unpaired) electrons. The number of oxazole rings is 1. The van der Waals surface area contributed by atoms with Crippen molar-refractivity contribution in [3.8, 4) is 0 Å². The second-order valence-electron chi connectivity index (χ2n) is 7.00. The maximum absolute atomic E-state index is 5.53. The van der Waals surface area contributed by atoms with Crippen LogP contribution < -0.4 is 0 Å². The van der Waals surface area contributed by atoms with Crippen molar-refractivity contribution in [3.63, 3.8) is 0 Å². The monoisotopic (exact) mass is 340 g/mol. The molecule has 0 N–H and O–H groups in total. The van der Waals surface area contributed by atoms with Crippen molar-refractivity contribution in [2.75, 3.05) is 26.2 Å². The van der Waals surface area contributed by atoms with Crippen LogP contribution in [0.1, 0.15) is 36.9 Å². The Labute approximate surface area is 147 Å². The molecular formula is C19H24N4O2. The van der Waals surface area contributed by atoms with Crippen LogP contribution in [0.5, 0.6) is 0 Å². The predicted molar refractivity (Wildman–Crippen MR) is 95.2 cm³/mol. The molecule has 1 aliphatic rings. The molecule has 0 spiro atoms. The first-order valence-corrected chi connectivity index (χ1v) is 8.91. The van der Waals surface area contributed by atoms with Crippen LogP contribution in [0.15, 0.2) is 39.6 Å². The Hall–Kier alpha value is -2.18. The molecule has 1 saturated heterocycles. The minimum Gasteiger partial charge on any atom is -0.448 e. The largest absolute Gasteiger partial charge is 0.448 e. The van der Waals surface area contributed by atoms with Crippen LogP contribution >= 0.6 is 0 Å². The average molecular weight is 340 g/mol. The number of benzene rings is 1. The molecule has 0 saturated carbocycles. The Kier molecular flexibility index (Phi) is 4.55. The number of piperazine rings is 1. The van der Waals surface area contributed by atoms with E-state index in [0.717, 1.165) is 67.4 Å². The molecule has 0 bridgehead atoms. The van der Waals surface area contributed by atoms with Crippen molar-refractivity contribution < 1.29 is 8.94 Å². The van der Waals surface area contributed by atoms with Crippen molar-refractivity contribution in [1.29, 1.82) is 0 Å². The molecule has 3 heterocycles. The normalized spacial score (nSPS) is 16.9. The van der Waals surface area contributed by atoms with Crippen LogP contribution in [0.3, 0.4) is 0 Å². The highest BCUT2D eigenvalue weighted by atomic mass is 16.5. The van der Waals surface area contributed by atoms with E-state index >= 15 is 0 Å². The van der Waals surface area contributed by atoms with E-state index in [0.29, 0.717) is 5.92 Å². The van der Waals surface area contributed by atoms with Crippen LogP contribution in [0.2, 0.25) is 0 Å². The number of fused-ring (bicyclic) bond motifs is 1. The van der Waals surface area contributed by atoms with Crippen molar-refractivity contribution in [3.05, 3.63) is 47.8 Å². The first-order chi connectivity index (χ1) is 12.2. The van der Waals surface area contributed by atoms with E-state index in [1.807, 2.05) is 18.2 Å². The van der Waals surface area contributed by atoms with Gasteiger partial charge >= 0.3 is 0 Å². The minimum atomic E-state index is 0.374. The quantitative estimate of drug-likeness (QED) is 0.710. The van der Waals surface area contributed by atoms with Gasteiger partial charge in [-0.05, 0) is 12.1 Å². The molecule has 1 aliphatic heterocycles. The summed E-state index contributed by atoms with van der Waals surface area (Å²) in [7, 11) is 0. The fourth-order valence-electron chi connectivity index (χ4n) is 3.45. The Morgan fingerprint density at radius 2 is 1.68 bits per heavy atom. The summed E-state index contributed by atoms with van der Waals surface area (Å²) in [4.78, 5) is 9.28. The lowest BCUT2D eigenvalue weighted by atomic mass is 10.1. The zero-order chi connectivity index (χ0) is 17.2. The topological polar surface area (TPSA) is 58.5 Å². The molecule has 6 heteroatoms. The number of hydrogen-bond acceptors (Lipinski definition) is 6. The van der Waals surface area contributed by atoms with Gasteiger partial charge in [0.15, 0.2) is 12.0 Å². The SMILES string of the molecule is CC(C)c1ocnc1CN1CCN(Cc2noc3ccccc23)CC1. The van der Waals surface area contributed by atoms with Crippen LogP contribution in [0.4, 0.5) is 0 Å². The summed E-state index contributed by atoms with van der Waals surface area (Å²) < 4.78 is 10.9. The first kappa shape index (κ1) is 16.3.